The quantitative estimate of drug-likeness (QED) is 0.712. The third-order valence-corrected chi connectivity index (χ3v) is 5.04. The Kier molecular flexibility index (Phi) is 5.60. The van der Waals surface area contributed by atoms with Gasteiger partial charge >= 0.3 is 0 Å². The van der Waals surface area contributed by atoms with E-state index in [4.69, 9.17) is 10.5 Å². The molecule has 108 valence electrons. The Bertz CT molecular complexity index is 570. The second-order valence-electron chi connectivity index (χ2n) is 4.38. The lowest BCUT2D eigenvalue weighted by atomic mass is 10.1. The van der Waals surface area contributed by atoms with Gasteiger partial charge in [0.25, 0.3) is 0 Å². The second kappa shape index (κ2) is 7.02. The summed E-state index contributed by atoms with van der Waals surface area (Å²) < 4.78 is 21.0. The van der Waals surface area contributed by atoms with Crippen LogP contribution in [0.3, 0.4) is 0 Å². The Hall–Kier alpha value is -0.430. The Morgan fingerprint density at radius 3 is 2.55 bits per heavy atom. The lowest BCUT2D eigenvalue weighted by Crippen LogP contribution is -2.30. The van der Waals surface area contributed by atoms with Crippen molar-refractivity contribution < 1.29 is 9.13 Å². The van der Waals surface area contributed by atoms with E-state index in [-0.39, 0.29) is 18.0 Å². The first kappa shape index (κ1) is 15.9. The van der Waals surface area contributed by atoms with E-state index in [2.05, 4.69) is 31.9 Å². The Morgan fingerprint density at radius 1 is 1.25 bits per heavy atom. The molecular formula is C14H14Br2FNOS. The topological polar surface area (TPSA) is 35.2 Å². The van der Waals surface area contributed by atoms with Crippen LogP contribution in [0.1, 0.15) is 24.3 Å². The molecule has 2 rings (SSSR count). The highest BCUT2D eigenvalue weighted by Gasteiger charge is 2.22. The minimum absolute atomic E-state index is 0.150. The van der Waals surface area contributed by atoms with Gasteiger partial charge in [-0.05, 0) is 40.5 Å². The smallest absolute Gasteiger partial charge is 0.148 e. The maximum atomic E-state index is 13.4. The average Bonchev–Trinajstić information content (AvgIpc) is 2.80. The zero-order valence-corrected chi connectivity index (χ0v) is 14.8. The van der Waals surface area contributed by atoms with Crippen LogP contribution >= 0.6 is 43.2 Å². The first-order valence-corrected chi connectivity index (χ1v) is 8.58. The fourth-order valence-electron chi connectivity index (χ4n) is 1.79. The van der Waals surface area contributed by atoms with E-state index in [1.165, 1.54) is 12.1 Å². The molecule has 0 aliphatic heterocycles. The standard InChI is InChI=1S/C14H14Br2FNOS/c1-2-12(18)14(13-5-9(16)7-20-13)19-11-4-8(15)3-10(17)6-11/h3-7,12,14H,2,18H2,1H3. The Morgan fingerprint density at radius 2 is 2.00 bits per heavy atom. The highest BCUT2D eigenvalue weighted by molar-refractivity contribution is 9.10. The van der Waals surface area contributed by atoms with Crippen molar-refractivity contribution in [3.05, 3.63) is 49.3 Å². The van der Waals surface area contributed by atoms with E-state index in [0.717, 1.165) is 15.8 Å². The molecule has 0 spiro atoms. The molecule has 0 saturated heterocycles. The van der Waals surface area contributed by atoms with Gasteiger partial charge in [0.15, 0.2) is 0 Å². The monoisotopic (exact) mass is 421 g/mol. The Labute approximate surface area is 138 Å². The van der Waals surface area contributed by atoms with E-state index in [1.54, 1.807) is 17.4 Å². The average molecular weight is 423 g/mol. The third-order valence-electron chi connectivity index (χ3n) is 2.83. The number of thiophene rings is 1. The van der Waals surface area contributed by atoms with Crippen molar-refractivity contribution in [2.45, 2.75) is 25.5 Å². The van der Waals surface area contributed by atoms with E-state index in [9.17, 15) is 4.39 Å². The van der Waals surface area contributed by atoms with Crippen molar-refractivity contribution in [3.8, 4) is 5.75 Å². The van der Waals surface area contributed by atoms with Crippen molar-refractivity contribution >= 4 is 43.2 Å². The molecule has 20 heavy (non-hydrogen) atoms. The SMILES string of the molecule is CCC(N)C(Oc1cc(F)cc(Br)c1)c1cc(Br)cs1. The van der Waals surface area contributed by atoms with Crippen LogP contribution in [0.4, 0.5) is 4.39 Å². The number of hydrogen-bond donors (Lipinski definition) is 1. The van der Waals surface area contributed by atoms with E-state index >= 15 is 0 Å². The highest BCUT2D eigenvalue weighted by Crippen LogP contribution is 2.33. The van der Waals surface area contributed by atoms with E-state index in [1.807, 2.05) is 18.4 Å². The van der Waals surface area contributed by atoms with Crippen molar-refractivity contribution in [1.82, 2.24) is 0 Å². The molecule has 2 atom stereocenters. The van der Waals surface area contributed by atoms with E-state index in [0.29, 0.717) is 10.2 Å². The fraction of sp³-hybridized carbons (Fsp3) is 0.286. The minimum Gasteiger partial charge on any atom is -0.483 e. The van der Waals surface area contributed by atoms with Gasteiger partial charge in [-0.3, -0.25) is 0 Å². The molecule has 1 aromatic carbocycles. The second-order valence-corrected chi connectivity index (χ2v) is 7.16. The first-order chi connectivity index (χ1) is 9.49. The van der Waals surface area contributed by atoms with Crippen molar-refractivity contribution in [2.24, 2.45) is 5.73 Å². The zero-order chi connectivity index (χ0) is 14.7. The van der Waals surface area contributed by atoms with Gasteiger partial charge in [0.1, 0.15) is 17.7 Å². The summed E-state index contributed by atoms with van der Waals surface area (Å²) in [5.74, 6) is 0.126. The van der Waals surface area contributed by atoms with Gasteiger partial charge < -0.3 is 10.5 Å². The third kappa shape index (κ3) is 4.04. The first-order valence-electron chi connectivity index (χ1n) is 6.12. The summed E-state index contributed by atoms with van der Waals surface area (Å²) in [5.41, 5.74) is 6.14. The summed E-state index contributed by atoms with van der Waals surface area (Å²) in [6.45, 7) is 2.01. The molecule has 2 aromatic rings. The van der Waals surface area contributed by atoms with Crippen molar-refractivity contribution in [1.29, 1.82) is 0 Å². The predicted molar refractivity (Wildman–Crippen MR) is 87.8 cm³/mol. The molecule has 0 radical (unpaired) electrons. The van der Waals surface area contributed by atoms with Gasteiger partial charge in [0.05, 0.1) is 0 Å². The Balaban J connectivity index is 2.28. The van der Waals surface area contributed by atoms with E-state index < -0.39 is 0 Å². The highest BCUT2D eigenvalue weighted by atomic mass is 79.9. The van der Waals surface area contributed by atoms with Crippen LogP contribution in [0.5, 0.6) is 5.75 Å². The molecule has 2 nitrogen and oxygen atoms in total. The minimum atomic E-state index is -0.342. The fourth-order valence-corrected chi connectivity index (χ4v) is 3.78. The van der Waals surface area contributed by atoms with Gasteiger partial charge in [0, 0.05) is 31.3 Å². The molecule has 1 aromatic heterocycles. The molecule has 0 aliphatic carbocycles. The summed E-state index contributed by atoms with van der Waals surface area (Å²) in [5, 5.41) is 1.98. The van der Waals surface area contributed by atoms with Gasteiger partial charge in [0.2, 0.25) is 0 Å². The molecule has 1 heterocycles. The number of hydrogen-bond acceptors (Lipinski definition) is 3. The maximum Gasteiger partial charge on any atom is 0.148 e. The number of benzene rings is 1. The number of halogens is 3. The van der Waals surface area contributed by atoms with Crippen LogP contribution in [0, 0.1) is 5.82 Å². The van der Waals surface area contributed by atoms with Crippen LogP contribution in [0.25, 0.3) is 0 Å². The molecule has 2 unspecified atom stereocenters. The molecule has 2 N–H and O–H groups in total. The van der Waals surface area contributed by atoms with Crippen LogP contribution in [0.15, 0.2) is 38.6 Å². The maximum absolute atomic E-state index is 13.4. The number of nitrogens with two attached hydrogens (primary N) is 1. The molecule has 6 heteroatoms. The van der Waals surface area contributed by atoms with Gasteiger partial charge in [-0.25, -0.2) is 4.39 Å². The van der Waals surface area contributed by atoms with Crippen LogP contribution in [-0.2, 0) is 0 Å². The molecular weight excluding hydrogens is 409 g/mol. The normalized spacial score (nSPS) is 14.1. The lowest BCUT2D eigenvalue weighted by Gasteiger charge is -2.23. The molecule has 0 saturated carbocycles. The van der Waals surface area contributed by atoms with Crippen LogP contribution in [-0.4, -0.2) is 6.04 Å². The lowest BCUT2D eigenvalue weighted by molar-refractivity contribution is 0.174. The largest absolute Gasteiger partial charge is 0.483 e. The summed E-state index contributed by atoms with van der Waals surface area (Å²) in [4.78, 5) is 1.02. The molecule has 0 bridgehead atoms. The summed E-state index contributed by atoms with van der Waals surface area (Å²) in [6.07, 6.45) is 0.487. The molecule has 0 aliphatic rings. The van der Waals surface area contributed by atoms with Crippen molar-refractivity contribution in [2.75, 3.05) is 0 Å². The molecule has 0 amide bonds. The van der Waals surface area contributed by atoms with Gasteiger partial charge in [-0.15, -0.1) is 11.3 Å². The van der Waals surface area contributed by atoms with Crippen molar-refractivity contribution in [3.63, 3.8) is 0 Å². The molecule has 0 fully saturated rings. The van der Waals surface area contributed by atoms with Gasteiger partial charge in [-0.2, -0.15) is 0 Å². The summed E-state index contributed by atoms with van der Waals surface area (Å²) >= 11 is 8.26. The van der Waals surface area contributed by atoms with Gasteiger partial charge in [-0.1, -0.05) is 22.9 Å². The summed E-state index contributed by atoms with van der Waals surface area (Å²) in [6, 6.07) is 6.33. The van der Waals surface area contributed by atoms with Crippen LogP contribution < -0.4 is 10.5 Å². The van der Waals surface area contributed by atoms with Crippen LogP contribution in [0.2, 0.25) is 0 Å². The summed E-state index contributed by atoms with van der Waals surface area (Å²) in [7, 11) is 0. The predicted octanol–water partition coefficient (Wildman–Crippen LogP) is 5.27. The zero-order valence-electron chi connectivity index (χ0n) is 10.8. The number of rotatable bonds is 5. The number of ether oxygens (including phenoxy) is 1.